The molecule has 2 aliphatic heterocycles. The number of nitrogens with zero attached hydrogens (tertiary/aromatic N) is 2. The largest absolute Gasteiger partial charge is 0.493 e. The quantitative estimate of drug-likeness (QED) is 0.616. The Hall–Kier alpha value is -3.53. The molecular weight excluding hydrogens is 420 g/mol. The summed E-state index contributed by atoms with van der Waals surface area (Å²) in [5.74, 6) is 2.81. The van der Waals surface area contributed by atoms with E-state index in [4.69, 9.17) is 23.7 Å². The number of rotatable bonds is 7. The molecule has 0 amide bonds. The van der Waals surface area contributed by atoms with E-state index in [0.29, 0.717) is 28.7 Å². The van der Waals surface area contributed by atoms with Crippen LogP contribution >= 0.6 is 0 Å². The Labute approximate surface area is 195 Å². The number of hydrogen-bond acceptors (Lipinski definition) is 7. The van der Waals surface area contributed by atoms with Gasteiger partial charge in [0.05, 0.1) is 41.6 Å². The van der Waals surface area contributed by atoms with Gasteiger partial charge in [0.25, 0.3) is 0 Å². The van der Waals surface area contributed by atoms with Crippen molar-refractivity contribution in [3.05, 3.63) is 53.2 Å². The Morgan fingerprint density at radius 1 is 0.848 bits per heavy atom. The fraction of sp³-hybridized carbons (Fsp3) is 0.423. The lowest BCUT2D eigenvalue weighted by atomic mass is 9.73. The molecule has 2 aromatic rings. The van der Waals surface area contributed by atoms with Crippen molar-refractivity contribution in [2.45, 2.75) is 30.7 Å². The van der Waals surface area contributed by atoms with Gasteiger partial charge in [-0.1, -0.05) is 18.2 Å². The molecule has 0 N–H and O–H groups in total. The Bertz CT molecular complexity index is 1090. The lowest BCUT2D eigenvalue weighted by Gasteiger charge is -2.41. The molecule has 0 spiro atoms. The van der Waals surface area contributed by atoms with Gasteiger partial charge in [0.1, 0.15) is 6.04 Å². The Morgan fingerprint density at radius 2 is 1.55 bits per heavy atom. The zero-order valence-corrected chi connectivity index (χ0v) is 19.8. The summed E-state index contributed by atoms with van der Waals surface area (Å²) in [6.45, 7) is 0.879. The summed E-state index contributed by atoms with van der Waals surface area (Å²) in [4.78, 5) is 2.24. The maximum absolute atomic E-state index is 10.3. The third-order valence-corrected chi connectivity index (χ3v) is 6.65. The van der Waals surface area contributed by atoms with Crippen molar-refractivity contribution in [3.63, 3.8) is 0 Å². The first-order valence-electron chi connectivity index (χ1n) is 11.0. The van der Waals surface area contributed by atoms with Gasteiger partial charge in [0.2, 0.25) is 5.75 Å². The molecule has 4 rings (SSSR count). The molecule has 0 saturated carbocycles. The molecule has 1 unspecified atom stereocenters. The molecule has 1 fully saturated rings. The molecule has 2 heterocycles. The van der Waals surface area contributed by atoms with Crippen LogP contribution in [0.15, 0.2) is 42.1 Å². The van der Waals surface area contributed by atoms with E-state index >= 15 is 0 Å². The molecule has 0 radical (unpaired) electrons. The summed E-state index contributed by atoms with van der Waals surface area (Å²) in [6, 6.07) is 12.1. The van der Waals surface area contributed by atoms with E-state index in [2.05, 4.69) is 17.0 Å². The van der Waals surface area contributed by atoms with Crippen molar-refractivity contribution in [2.24, 2.45) is 0 Å². The fourth-order valence-corrected chi connectivity index (χ4v) is 5.19. The molecule has 1 saturated heterocycles. The normalized spacial score (nSPS) is 21.5. The number of methoxy groups -OCH3 is 5. The molecule has 33 heavy (non-hydrogen) atoms. The van der Waals surface area contributed by atoms with Crippen molar-refractivity contribution in [1.82, 2.24) is 4.90 Å². The van der Waals surface area contributed by atoms with Gasteiger partial charge in [-0.05, 0) is 36.6 Å². The van der Waals surface area contributed by atoms with Gasteiger partial charge in [-0.3, -0.25) is 0 Å². The first-order chi connectivity index (χ1) is 16.1. The van der Waals surface area contributed by atoms with E-state index in [1.807, 2.05) is 30.3 Å². The van der Waals surface area contributed by atoms with E-state index in [1.54, 1.807) is 35.5 Å². The summed E-state index contributed by atoms with van der Waals surface area (Å²) in [5.41, 5.74) is 3.16. The van der Waals surface area contributed by atoms with Crippen molar-refractivity contribution >= 4 is 0 Å². The van der Waals surface area contributed by atoms with Crippen molar-refractivity contribution in [3.8, 4) is 34.8 Å². The predicted molar refractivity (Wildman–Crippen MR) is 125 cm³/mol. The molecule has 0 aromatic heterocycles. The van der Waals surface area contributed by atoms with E-state index in [9.17, 15) is 5.26 Å². The number of fused-ring (bicyclic) bond motifs is 1. The van der Waals surface area contributed by atoms with Crippen LogP contribution in [0.2, 0.25) is 0 Å². The maximum Gasteiger partial charge on any atom is 0.203 e. The van der Waals surface area contributed by atoms with E-state index in [1.165, 1.54) is 5.70 Å². The van der Waals surface area contributed by atoms with E-state index in [-0.39, 0.29) is 17.9 Å². The number of nitriles is 1. The monoisotopic (exact) mass is 450 g/mol. The van der Waals surface area contributed by atoms with Crippen LogP contribution in [0.3, 0.4) is 0 Å². The van der Waals surface area contributed by atoms with Gasteiger partial charge in [0.15, 0.2) is 23.0 Å². The second kappa shape index (κ2) is 9.53. The Balaban J connectivity index is 1.93. The van der Waals surface area contributed by atoms with Gasteiger partial charge < -0.3 is 28.6 Å². The molecule has 174 valence electrons. The van der Waals surface area contributed by atoms with Gasteiger partial charge in [-0.2, -0.15) is 5.26 Å². The van der Waals surface area contributed by atoms with Gasteiger partial charge in [-0.15, -0.1) is 0 Å². The van der Waals surface area contributed by atoms with Crippen molar-refractivity contribution in [1.29, 1.82) is 5.26 Å². The summed E-state index contributed by atoms with van der Waals surface area (Å²) in [7, 11) is 8.08. The van der Waals surface area contributed by atoms with Gasteiger partial charge in [0, 0.05) is 29.6 Å². The molecule has 7 heteroatoms. The van der Waals surface area contributed by atoms with Gasteiger partial charge in [-0.25, -0.2) is 0 Å². The number of hydrogen-bond donors (Lipinski definition) is 0. The van der Waals surface area contributed by atoms with Crippen LogP contribution in [0.4, 0.5) is 0 Å². The minimum atomic E-state index is -0.326. The molecule has 0 aliphatic carbocycles. The average Bonchev–Trinajstić information content (AvgIpc) is 3.34. The van der Waals surface area contributed by atoms with Crippen LogP contribution in [-0.2, 0) is 0 Å². The first kappa shape index (κ1) is 22.7. The standard InChI is InChI=1S/C26H30N2O5/c1-29-21-10-8-16(13-23(21)31-3)24-19(14-17-7-6-12-28(17)20(24)15-27)18-9-11-22(30-2)26(33-5)25(18)32-4/h8-11,13-14,19-20,24H,6-7,12H2,1-5H3/t19?,20-,24+/m1/s1. The minimum Gasteiger partial charge on any atom is -0.493 e. The third kappa shape index (κ3) is 3.80. The number of benzene rings is 2. The lowest BCUT2D eigenvalue weighted by molar-refractivity contribution is 0.261. The summed E-state index contributed by atoms with van der Waals surface area (Å²) < 4.78 is 28.0. The zero-order valence-electron chi connectivity index (χ0n) is 19.8. The van der Waals surface area contributed by atoms with Crippen molar-refractivity contribution < 1.29 is 23.7 Å². The van der Waals surface area contributed by atoms with Crippen LogP contribution in [0.25, 0.3) is 0 Å². The Kier molecular flexibility index (Phi) is 6.55. The highest BCUT2D eigenvalue weighted by Gasteiger charge is 2.43. The fourth-order valence-electron chi connectivity index (χ4n) is 5.19. The number of ether oxygens (including phenoxy) is 5. The summed E-state index contributed by atoms with van der Waals surface area (Å²) in [6.07, 6.45) is 4.29. The van der Waals surface area contributed by atoms with Crippen LogP contribution in [0.5, 0.6) is 28.7 Å². The zero-order chi connectivity index (χ0) is 23.5. The molecule has 0 bridgehead atoms. The highest BCUT2D eigenvalue weighted by Crippen LogP contribution is 2.52. The van der Waals surface area contributed by atoms with Crippen molar-refractivity contribution in [2.75, 3.05) is 42.1 Å². The maximum atomic E-state index is 10.3. The second-order valence-corrected chi connectivity index (χ2v) is 8.12. The van der Waals surface area contributed by atoms with Crippen LogP contribution < -0.4 is 23.7 Å². The highest BCUT2D eigenvalue weighted by atomic mass is 16.5. The molecule has 3 atom stereocenters. The average molecular weight is 451 g/mol. The van der Waals surface area contributed by atoms with E-state index in [0.717, 1.165) is 30.5 Å². The predicted octanol–water partition coefficient (Wildman–Crippen LogP) is 4.48. The van der Waals surface area contributed by atoms with E-state index < -0.39 is 0 Å². The summed E-state index contributed by atoms with van der Waals surface area (Å²) in [5, 5.41) is 10.3. The topological polar surface area (TPSA) is 73.2 Å². The smallest absolute Gasteiger partial charge is 0.203 e. The SMILES string of the molecule is COc1ccc([C@H]2C(c3ccc(OC)c(OC)c3OC)C=C3CCCN3[C@@H]2C#N)cc1OC. The highest BCUT2D eigenvalue weighted by molar-refractivity contribution is 5.59. The number of allylic oxidation sites excluding steroid dienone is 2. The van der Waals surface area contributed by atoms with Gasteiger partial charge >= 0.3 is 0 Å². The molecule has 2 aliphatic rings. The minimum absolute atomic E-state index is 0.105. The van der Waals surface area contributed by atoms with Crippen LogP contribution in [0, 0.1) is 11.3 Å². The van der Waals surface area contributed by atoms with Crippen LogP contribution in [-0.4, -0.2) is 53.0 Å². The van der Waals surface area contributed by atoms with Crippen LogP contribution in [0.1, 0.15) is 35.8 Å². The summed E-state index contributed by atoms with van der Waals surface area (Å²) >= 11 is 0. The molecular formula is C26H30N2O5. The molecule has 7 nitrogen and oxygen atoms in total. The molecule has 2 aromatic carbocycles. The second-order valence-electron chi connectivity index (χ2n) is 8.12. The lowest BCUT2D eigenvalue weighted by Crippen LogP contribution is -2.41. The first-order valence-corrected chi connectivity index (χ1v) is 11.0. The Morgan fingerprint density at radius 3 is 2.18 bits per heavy atom. The third-order valence-electron chi connectivity index (χ3n) is 6.65.